The van der Waals surface area contributed by atoms with E-state index >= 15 is 0 Å². The summed E-state index contributed by atoms with van der Waals surface area (Å²) in [7, 11) is 0. The first-order valence-corrected chi connectivity index (χ1v) is 12.2. The minimum Gasteiger partial charge on any atom is -0.438 e. The van der Waals surface area contributed by atoms with E-state index in [1.807, 2.05) is 32.9 Å². The van der Waals surface area contributed by atoms with Gasteiger partial charge in [0.05, 0.1) is 6.54 Å². The number of carbonyl (C=O) groups excluding carboxylic acids is 3. The first-order valence-electron chi connectivity index (χ1n) is 12.2. The molecule has 0 spiro atoms. The third-order valence-corrected chi connectivity index (χ3v) is 6.41. The van der Waals surface area contributed by atoms with Gasteiger partial charge in [-0.1, -0.05) is 48.9 Å². The molecule has 3 aromatic carbocycles. The molecule has 1 saturated heterocycles. The zero-order valence-electron chi connectivity index (χ0n) is 21.0. The van der Waals surface area contributed by atoms with Crippen LogP contribution in [0.25, 0.3) is 0 Å². The average molecular weight is 504 g/mol. The molecule has 4 rings (SSSR count). The van der Waals surface area contributed by atoms with Crippen molar-refractivity contribution in [3.8, 4) is 0 Å². The molecule has 1 aliphatic heterocycles. The standard InChI is InChI=1S/C29H30FN3O4/c1-4-19(3)31-28(35)25-26(37-29(36)33(25)17-20-6-5-7-23(30)16-20)21-12-14-24(15-13-21)32-27(34)22-10-8-18(2)9-11-22/h5-16,19,25-26H,4,17H2,1-3H3,(H,31,35)(H,32,34). The van der Waals surface area contributed by atoms with Gasteiger partial charge in [-0.3, -0.25) is 14.5 Å². The van der Waals surface area contributed by atoms with Crippen molar-refractivity contribution >= 4 is 23.6 Å². The van der Waals surface area contributed by atoms with Gasteiger partial charge in [-0.15, -0.1) is 0 Å². The summed E-state index contributed by atoms with van der Waals surface area (Å²) in [6.07, 6.45) is -0.806. The molecule has 3 amide bonds. The van der Waals surface area contributed by atoms with Crippen LogP contribution in [0.3, 0.4) is 0 Å². The summed E-state index contributed by atoms with van der Waals surface area (Å²) in [4.78, 5) is 40.1. The lowest BCUT2D eigenvalue weighted by Crippen LogP contribution is -2.48. The number of ether oxygens (including phenoxy) is 1. The number of nitrogens with one attached hydrogen (secondary N) is 2. The van der Waals surface area contributed by atoms with E-state index in [1.165, 1.54) is 17.0 Å². The lowest BCUT2D eigenvalue weighted by molar-refractivity contribution is -0.127. The number of carbonyl (C=O) groups is 3. The highest BCUT2D eigenvalue weighted by Crippen LogP contribution is 2.34. The first-order chi connectivity index (χ1) is 17.7. The lowest BCUT2D eigenvalue weighted by Gasteiger charge is -2.25. The molecule has 192 valence electrons. The Kier molecular flexibility index (Phi) is 7.86. The molecule has 3 aromatic rings. The summed E-state index contributed by atoms with van der Waals surface area (Å²) in [6.45, 7) is 5.81. The van der Waals surface area contributed by atoms with Crippen molar-refractivity contribution < 1.29 is 23.5 Å². The third-order valence-electron chi connectivity index (χ3n) is 6.41. The zero-order chi connectivity index (χ0) is 26.5. The van der Waals surface area contributed by atoms with Crippen LogP contribution in [-0.4, -0.2) is 34.9 Å². The number of nitrogens with zero attached hydrogens (tertiary/aromatic N) is 1. The number of hydrogen-bond donors (Lipinski definition) is 2. The highest BCUT2D eigenvalue weighted by molar-refractivity contribution is 6.04. The number of benzene rings is 3. The monoisotopic (exact) mass is 503 g/mol. The molecule has 8 heteroatoms. The fraction of sp³-hybridized carbons (Fsp3) is 0.276. The molecule has 0 bridgehead atoms. The highest BCUT2D eigenvalue weighted by Gasteiger charge is 2.47. The summed E-state index contributed by atoms with van der Waals surface area (Å²) < 4.78 is 19.4. The predicted molar refractivity (Wildman–Crippen MR) is 138 cm³/mol. The van der Waals surface area contributed by atoms with Crippen molar-refractivity contribution in [2.75, 3.05) is 5.32 Å². The van der Waals surface area contributed by atoms with E-state index < -0.39 is 24.1 Å². The molecular formula is C29H30FN3O4. The topological polar surface area (TPSA) is 87.7 Å². The fourth-order valence-corrected chi connectivity index (χ4v) is 4.14. The molecule has 1 aliphatic rings. The largest absolute Gasteiger partial charge is 0.438 e. The van der Waals surface area contributed by atoms with Gasteiger partial charge in [-0.25, -0.2) is 9.18 Å². The summed E-state index contributed by atoms with van der Waals surface area (Å²) >= 11 is 0. The van der Waals surface area contributed by atoms with Gasteiger partial charge in [0, 0.05) is 17.3 Å². The Morgan fingerprint density at radius 3 is 2.41 bits per heavy atom. The summed E-state index contributed by atoms with van der Waals surface area (Å²) in [6, 6.07) is 18.9. The van der Waals surface area contributed by atoms with Crippen LogP contribution in [-0.2, 0) is 16.1 Å². The van der Waals surface area contributed by atoms with Gasteiger partial charge in [0.15, 0.2) is 12.1 Å². The summed E-state index contributed by atoms with van der Waals surface area (Å²) in [5, 5.41) is 5.78. The molecule has 1 fully saturated rings. The molecule has 0 aromatic heterocycles. The van der Waals surface area contributed by atoms with E-state index in [9.17, 15) is 18.8 Å². The van der Waals surface area contributed by atoms with Crippen molar-refractivity contribution in [2.45, 2.75) is 51.9 Å². The SMILES string of the molecule is CCC(C)NC(=O)C1C(c2ccc(NC(=O)c3ccc(C)cc3)cc2)OC(=O)N1Cc1cccc(F)c1. The second-order valence-corrected chi connectivity index (χ2v) is 9.27. The minimum atomic E-state index is -0.947. The normalized spacial score (nSPS) is 17.7. The van der Waals surface area contributed by atoms with Gasteiger partial charge in [-0.2, -0.15) is 0 Å². The summed E-state index contributed by atoms with van der Waals surface area (Å²) in [5.74, 6) is -1.02. The molecule has 37 heavy (non-hydrogen) atoms. The predicted octanol–water partition coefficient (Wildman–Crippen LogP) is 5.36. The van der Waals surface area contributed by atoms with Crippen LogP contribution in [0.4, 0.5) is 14.9 Å². The maximum absolute atomic E-state index is 13.8. The molecule has 2 N–H and O–H groups in total. The van der Waals surface area contributed by atoms with Crippen molar-refractivity contribution in [1.29, 1.82) is 0 Å². The smallest absolute Gasteiger partial charge is 0.411 e. The number of rotatable bonds is 8. The van der Waals surface area contributed by atoms with Gasteiger partial charge < -0.3 is 15.4 Å². The first kappa shape index (κ1) is 25.9. The van der Waals surface area contributed by atoms with Gasteiger partial charge in [-0.05, 0) is 67.8 Å². The lowest BCUT2D eigenvalue weighted by atomic mass is 10.00. The Morgan fingerprint density at radius 2 is 1.76 bits per heavy atom. The number of cyclic esters (lactones) is 1. The second kappa shape index (κ2) is 11.2. The van der Waals surface area contributed by atoms with Crippen molar-refractivity contribution in [2.24, 2.45) is 0 Å². The Labute approximate surface area is 215 Å². The number of anilines is 1. The molecule has 0 radical (unpaired) electrons. The third kappa shape index (κ3) is 6.14. The van der Waals surface area contributed by atoms with Crippen LogP contribution in [0.15, 0.2) is 72.8 Å². The quantitative estimate of drug-likeness (QED) is 0.433. The molecular weight excluding hydrogens is 473 g/mol. The summed E-state index contributed by atoms with van der Waals surface area (Å²) in [5.41, 5.74) is 3.32. The maximum atomic E-state index is 13.8. The molecule has 3 atom stereocenters. The van der Waals surface area contributed by atoms with Gasteiger partial charge in [0.1, 0.15) is 5.82 Å². The molecule has 0 saturated carbocycles. The fourth-order valence-electron chi connectivity index (χ4n) is 4.14. The number of hydrogen-bond acceptors (Lipinski definition) is 4. The Hall–Kier alpha value is -4.20. The van der Waals surface area contributed by atoms with Crippen LogP contribution in [0.2, 0.25) is 0 Å². The van der Waals surface area contributed by atoms with E-state index in [2.05, 4.69) is 10.6 Å². The second-order valence-electron chi connectivity index (χ2n) is 9.27. The Morgan fingerprint density at radius 1 is 1.05 bits per heavy atom. The molecule has 3 unspecified atom stereocenters. The van der Waals surface area contributed by atoms with E-state index in [1.54, 1.807) is 48.5 Å². The minimum absolute atomic E-state index is 0.0242. The van der Waals surface area contributed by atoms with E-state index in [0.29, 0.717) is 22.4 Å². The molecule has 0 aliphatic carbocycles. The molecule has 1 heterocycles. The van der Waals surface area contributed by atoms with Crippen molar-refractivity contribution in [1.82, 2.24) is 10.2 Å². The van der Waals surface area contributed by atoms with Crippen molar-refractivity contribution in [3.63, 3.8) is 0 Å². The Balaban J connectivity index is 1.56. The van der Waals surface area contributed by atoms with Crippen LogP contribution >= 0.6 is 0 Å². The number of amides is 3. The highest BCUT2D eigenvalue weighted by atomic mass is 19.1. The van der Waals surface area contributed by atoms with Gasteiger partial charge >= 0.3 is 6.09 Å². The van der Waals surface area contributed by atoms with Crippen LogP contribution in [0.5, 0.6) is 0 Å². The van der Waals surface area contributed by atoms with Crippen LogP contribution < -0.4 is 10.6 Å². The van der Waals surface area contributed by atoms with Crippen LogP contribution in [0.1, 0.15) is 53.4 Å². The zero-order valence-corrected chi connectivity index (χ0v) is 21.0. The molecule has 7 nitrogen and oxygen atoms in total. The number of halogens is 1. The van der Waals surface area contributed by atoms with Crippen LogP contribution in [0, 0.1) is 12.7 Å². The maximum Gasteiger partial charge on any atom is 0.411 e. The Bertz CT molecular complexity index is 1280. The number of aryl methyl sites for hydroxylation is 1. The van der Waals surface area contributed by atoms with Gasteiger partial charge in [0.2, 0.25) is 5.91 Å². The average Bonchev–Trinajstić information content (AvgIpc) is 3.20. The van der Waals surface area contributed by atoms with E-state index in [-0.39, 0.29) is 24.4 Å². The van der Waals surface area contributed by atoms with E-state index in [0.717, 1.165) is 12.0 Å². The van der Waals surface area contributed by atoms with Gasteiger partial charge in [0.25, 0.3) is 5.91 Å². The van der Waals surface area contributed by atoms with E-state index in [4.69, 9.17) is 4.74 Å². The van der Waals surface area contributed by atoms with Crippen molar-refractivity contribution in [3.05, 3.63) is 101 Å².